The Morgan fingerprint density at radius 2 is 0.955 bits per heavy atom. The summed E-state index contributed by atoms with van der Waals surface area (Å²) in [6.07, 6.45) is 33.9. The third kappa shape index (κ3) is 13.0. The van der Waals surface area contributed by atoms with Crippen LogP contribution in [0.3, 0.4) is 0 Å². The van der Waals surface area contributed by atoms with Gasteiger partial charge in [0, 0.05) is 41.7 Å². The lowest BCUT2D eigenvalue weighted by Gasteiger charge is -2.11. The highest BCUT2D eigenvalue weighted by Crippen LogP contribution is 2.47. The van der Waals surface area contributed by atoms with E-state index in [4.69, 9.17) is 9.97 Å². The van der Waals surface area contributed by atoms with Gasteiger partial charge in [0.2, 0.25) is 5.95 Å². The molecule has 0 unspecified atom stereocenters. The molecule has 0 amide bonds. The van der Waals surface area contributed by atoms with Crippen LogP contribution in [0.1, 0.15) is 164 Å². The first-order chi connectivity index (χ1) is 33.0. The summed E-state index contributed by atoms with van der Waals surface area (Å²) in [5.41, 5.74) is 13.0. The average molecular weight is 963 g/mol. The van der Waals surface area contributed by atoms with Crippen LogP contribution < -0.4 is 9.55 Å². The Labute approximate surface area is 418 Å². The number of aromatic nitrogens is 3. The number of pyridine rings is 1. The number of hydrogen-bond donors (Lipinski definition) is 0. The van der Waals surface area contributed by atoms with Crippen LogP contribution in [0.25, 0.3) is 69.5 Å². The molecular weight excluding hydrogens is 891 g/mol. The number of hydrogen-bond acceptors (Lipinski definition) is 5. The minimum absolute atomic E-state index is 0.702. The van der Waals surface area contributed by atoms with Gasteiger partial charge in [-0.1, -0.05) is 129 Å². The van der Waals surface area contributed by atoms with Crippen LogP contribution >= 0.6 is 45.3 Å². The van der Waals surface area contributed by atoms with Gasteiger partial charge in [0.1, 0.15) is 0 Å². The minimum Gasteiger partial charge on any atom is -0.293 e. The molecule has 3 nitrogen and oxygen atoms in total. The second-order valence-corrected chi connectivity index (χ2v) is 22.4. The quantitative estimate of drug-likeness (QED) is 0.0380. The van der Waals surface area contributed by atoms with E-state index in [0.717, 1.165) is 29.4 Å². The molecule has 2 aromatic carbocycles. The molecule has 0 fully saturated rings. The minimum atomic E-state index is 0.702. The zero-order valence-corrected chi connectivity index (χ0v) is 43.9. The number of para-hydroxylation sites is 2. The number of aryl methyl sites for hydroxylation is 4. The molecule has 0 atom stereocenters. The zero-order chi connectivity index (χ0) is 46.2. The maximum Gasteiger partial charge on any atom is 0.234 e. The SMILES string of the molecule is CCCCCCc1cc(-c2sccc2CCCCCC)sc1-c1cc(/C=C/c2cc[n+](-c3nc4ccccc4[n-]3)cc2)cc(-c2sc(-c3sccc3CCCCCC)cc2CCCCCC)c1. The Hall–Kier alpha value is -4.40. The van der Waals surface area contributed by atoms with Crippen molar-refractivity contribution in [3.8, 4) is 46.3 Å². The van der Waals surface area contributed by atoms with Crippen molar-refractivity contribution in [2.75, 3.05) is 0 Å². The van der Waals surface area contributed by atoms with E-state index in [1.165, 1.54) is 184 Å². The third-order valence-electron chi connectivity index (χ3n) is 13.1. The summed E-state index contributed by atoms with van der Waals surface area (Å²) >= 11 is 7.95. The van der Waals surface area contributed by atoms with Gasteiger partial charge in [0.05, 0.1) is 11.0 Å². The maximum absolute atomic E-state index is 4.77. The molecule has 0 spiro atoms. The Bertz CT molecular complexity index is 2610. The number of unbranched alkanes of at least 4 members (excludes halogenated alkanes) is 12. The van der Waals surface area contributed by atoms with Gasteiger partial charge in [0.15, 0.2) is 0 Å². The van der Waals surface area contributed by atoms with Crippen molar-refractivity contribution in [2.45, 2.75) is 156 Å². The molecule has 7 heteroatoms. The lowest BCUT2D eigenvalue weighted by Crippen LogP contribution is -2.31. The molecule has 8 aromatic rings. The summed E-state index contributed by atoms with van der Waals surface area (Å²) < 4.78 is 2.01. The van der Waals surface area contributed by atoms with Crippen molar-refractivity contribution in [1.29, 1.82) is 0 Å². The van der Waals surface area contributed by atoms with Gasteiger partial charge < -0.3 is 0 Å². The van der Waals surface area contributed by atoms with E-state index in [0.29, 0.717) is 5.95 Å². The smallest absolute Gasteiger partial charge is 0.234 e. The highest BCUT2D eigenvalue weighted by atomic mass is 32.1. The summed E-state index contributed by atoms with van der Waals surface area (Å²) in [7, 11) is 0. The molecule has 67 heavy (non-hydrogen) atoms. The fourth-order valence-electron chi connectivity index (χ4n) is 9.30. The van der Waals surface area contributed by atoms with Crippen molar-refractivity contribution < 1.29 is 4.57 Å². The van der Waals surface area contributed by atoms with E-state index in [2.05, 4.69) is 118 Å². The summed E-state index contributed by atoms with van der Waals surface area (Å²) in [5, 5.41) is 4.66. The molecule has 0 saturated heterocycles. The molecular formula is C60H71N3S4. The number of rotatable bonds is 27. The van der Waals surface area contributed by atoms with Crippen molar-refractivity contribution in [2.24, 2.45) is 0 Å². The average Bonchev–Trinajstić information content (AvgIpc) is 4.22. The Balaban J connectivity index is 1.20. The molecule has 6 aromatic heterocycles. The summed E-state index contributed by atoms with van der Waals surface area (Å²) in [5.74, 6) is 0.702. The van der Waals surface area contributed by atoms with Gasteiger partial charge >= 0.3 is 0 Å². The van der Waals surface area contributed by atoms with Gasteiger partial charge in [-0.15, -0.1) is 45.3 Å². The number of imidazole rings is 1. The Kier molecular flexibility index (Phi) is 18.5. The van der Waals surface area contributed by atoms with Gasteiger partial charge in [0.25, 0.3) is 0 Å². The fourth-order valence-corrected chi connectivity index (χ4v) is 13.9. The highest BCUT2D eigenvalue weighted by Gasteiger charge is 2.20. The van der Waals surface area contributed by atoms with Crippen molar-refractivity contribution in [1.82, 2.24) is 9.97 Å². The first-order valence-electron chi connectivity index (χ1n) is 25.7. The molecule has 0 N–H and O–H groups in total. The number of benzene rings is 2. The maximum atomic E-state index is 4.77. The molecule has 0 bridgehead atoms. The van der Waals surface area contributed by atoms with E-state index in [1.807, 2.05) is 74.2 Å². The normalized spacial score (nSPS) is 11.8. The zero-order valence-electron chi connectivity index (χ0n) is 40.6. The summed E-state index contributed by atoms with van der Waals surface area (Å²) in [6, 6.07) is 29.9. The Morgan fingerprint density at radius 3 is 1.45 bits per heavy atom. The van der Waals surface area contributed by atoms with Gasteiger partial charge in [-0.3, -0.25) is 4.57 Å². The molecule has 350 valence electrons. The van der Waals surface area contributed by atoms with Crippen LogP contribution in [-0.2, 0) is 25.7 Å². The standard InChI is InChI=1S/C60H71N3S4/c1-5-9-13-17-23-46-33-37-64-58(46)54-42-48(25-19-15-11-7-3)56(66-54)50-39-45(30-29-44-31-35-63(36-32-44)60-61-52-27-21-22-28-53(52)62-60)40-51(41-50)57-49(26-20-16-12-8-4)43-55(67-57)59-47(34-38-65-59)24-18-14-10-6-2/h21-22,27-43H,5-20,23-26H2,1-4H3/b30-29+. The van der Waals surface area contributed by atoms with Crippen LogP contribution in [0.2, 0.25) is 0 Å². The first kappa shape index (κ1) is 49.0. The van der Waals surface area contributed by atoms with E-state index in [1.54, 1.807) is 0 Å². The predicted octanol–water partition coefficient (Wildman–Crippen LogP) is 19.0. The van der Waals surface area contributed by atoms with E-state index >= 15 is 0 Å². The van der Waals surface area contributed by atoms with Gasteiger partial charge in [-0.25, -0.2) is 9.97 Å². The van der Waals surface area contributed by atoms with Crippen LogP contribution in [-0.4, -0.2) is 4.98 Å². The summed E-state index contributed by atoms with van der Waals surface area (Å²) in [4.78, 5) is 18.3. The second-order valence-electron chi connectivity index (χ2n) is 18.5. The summed E-state index contributed by atoms with van der Waals surface area (Å²) in [6.45, 7) is 9.26. The van der Waals surface area contributed by atoms with Crippen LogP contribution in [0.4, 0.5) is 0 Å². The Morgan fingerprint density at radius 1 is 0.478 bits per heavy atom. The molecule has 0 saturated carbocycles. The number of nitrogens with zero attached hydrogens (tertiary/aromatic N) is 3. The molecule has 8 rings (SSSR count). The molecule has 0 aliphatic heterocycles. The van der Waals surface area contributed by atoms with Crippen LogP contribution in [0, 0.1) is 0 Å². The first-order valence-corrected chi connectivity index (χ1v) is 29.1. The fraction of sp³-hybridized carbons (Fsp3) is 0.400. The van der Waals surface area contributed by atoms with Gasteiger partial charge in [-0.05, 0) is 173 Å². The number of fused-ring (bicyclic) bond motifs is 1. The van der Waals surface area contributed by atoms with Crippen molar-refractivity contribution in [3.05, 3.63) is 135 Å². The molecule has 0 aliphatic rings. The lowest BCUT2D eigenvalue weighted by atomic mass is 9.96. The highest BCUT2D eigenvalue weighted by molar-refractivity contribution is 7.24. The molecule has 0 aliphatic carbocycles. The molecule has 0 radical (unpaired) electrons. The molecule has 6 heterocycles. The number of thiophene rings is 4. The van der Waals surface area contributed by atoms with Crippen LogP contribution in [0.5, 0.6) is 0 Å². The van der Waals surface area contributed by atoms with E-state index in [-0.39, 0.29) is 0 Å². The van der Waals surface area contributed by atoms with Crippen molar-refractivity contribution >= 4 is 68.5 Å². The topological polar surface area (TPSA) is 30.9 Å². The monoisotopic (exact) mass is 961 g/mol. The largest absolute Gasteiger partial charge is 0.293 e. The van der Waals surface area contributed by atoms with E-state index < -0.39 is 0 Å². The van der Waals surface area contributed by atoms with Crippen molar-refractivity contribution in [3.63, 3.8) is 0 Å². The third-order valence-corrected chi connectivity index (χ3v) is 17.8. The predicted molar refractivity (Wildman–Crippen MR) is 297 cm³/mol. The van der Waals surface area contributed by atoms with E-state index in [9.17, 15) is 0 Å². The van der Waals surface area contributed by atoms with Gasteiger partial charge in [-0.2, -0.15) is 0 Å². The lowest BCUT2D eigenvalue weighted by molar-refractivity contribution is -0.603. The second kappa shape index (κ2) is 25.3. The van der Waals surface area contributed by atoms with Crippen LogP contribution in [0.15, 0.2) is 102 Å².